The van der Waals surface area contributed by atoms with Gasteiger partial charge in [-0.15, -0.1) is 0 Å². The number of hydrogen-bond acceptors (Lipinski definition) is 2. The molecule has 0 spiro atoms. The van der Waals surface area contributed by atoms with Gasteiger partial charge in [0.2, 0.25) is 0 Å². The minimum absolute atomic E-state index is 1.72. The van der Waals surface area contributed by atoms with Crippen molar-refractivity contribution in [1.29, 1.82) is 0 Å². The Hall–Kier alpha value is 0.170. The maximum atomic E-state index is 10.7. The topological polar surface area (TPSA) is 54.4 Å². The molecule has 11 heavy (non-hydrogen) atoms. The van der Waals surface area contributed by atoms with Crippen molar-refractivity contribution in [1.82, 2.24) is 0 Å². The molecule has 0 unspecified atom stereocenters. The normalized spacial score (nSPS) is 11.4. The zero-order chi connectivity index (χ0) is 9.71. The lowest BCUT2D eigenvalue weighted by molar-refractivity contribution is -0.0510. The largest absolute Gasteiger partial charge is 0.522 e. The summed E-state index contributed by atoms with van der Waals surface area (Å²) in [5, 5.41) is 0. The first-order valence-corrected chi connectivity index (χ1v) is 4.60. The highest BCUT2D eigenvalue weighted by molar-refractivity contribution is 14.1. The molecule has 0 bridgehead atoms. The maximum absolute atomic E-state index is 10.7. The first kappa shape index (κ1) is 13.7. The molecule has 8 heteroatoms. The summed E-state index contributed by atoms with van der Waals surface area (Å²) in [6.45, 7) is 3.35. The highest BCUT2D eigenvalue weighted by atomic mass is 127. The molecule has 0 heterocycles. The standard InChI is InChI=1S/C2H3I.CHF3O3S/c1-2-3;2-1(3,4)8(5,6)7/h2H,1H2;(H,5,6,7). The van der Waals surface area contributed by atoms with Gasteiger partial charge < -0.3 is 0 Å². The summed E-state index contributed by atoms with van der Waals surface area (Å²) < 4.78 is 59.3. The summed E-state index contributed by atoms with van der Waals surface area (Å²) in [5.41, 5.74) is -5.53. The first-order valence-electron chi connectivity index (χ1n) is 1.91. The van der Waals surface area contributed by atoms with Crippen molar-refractivity contribution in [2.75, 3.05) is 0 Å². The molecule has 0 aromatic heterocycles. The molecule has 0 radical (unpaired) electrons. The lowest BCUT2D eigenvalue weighted by Gasteiger charge is -1.97. The van der Waals surface area contributed by atoms with Crippen molar-refractivity contribution in [3.05, 3.63) is 10.7 Å². The predicted molar refractivity (Wildman–Crippen MR) is 41.8 cm³/mol. The van der Waals surface area contributed by atoms with E-state index >= 15 is 0 Å². The zero-order valence-electron chi connectivity index (χ0n) is 4.97. The smallest absolute Gasteiger partial charge is 0.279 e. The Kier molecular flexibility index (Phi) is 6.16. The predicted octanol–water partition coefficient (Wildman–Crippen LogP) is 1.96. The second-order valence-electron chi connectivity index (χ2n) is 1.08. The Morgan fingerprint density at radius 2 is 1.55 bits per heavy atom. The van der Waals surface area contributed by atoms with Gasteiger partial charge in [0.1, 0.15) is 0 Å². The summed E-state index contributed by atoms with van der Waals surface area (Å²) in [7, 11) is -5.84. The van der Waals surface area contributed by atoms with Gasteiger partial charge in [-0.1, -0.05) is 29.2 Å². The van der Waals surface area contributed by atoms with Crippen LogP contribution in [0.1, 0.15) is 0 Å². The summed E-state index contributed by atoms with van der Waals surface area (Å²) in [5.74, 6) is 0. The summed E-state index contributed by atoms with van der Waals surface area (Å²) in [6.07, 6.45) is 0. The Morgan fingerprint density at radius 1 is 1.45 bits per heavy atom. The van der Waals surface area contributed by atoms with Gasteiger partial charge in [-0.3, -0.25) is 4.55 Å². The molecule has 0 saturated heterocycles. The third kappa shape index (κ3) is 8.07. The molecule has 0 aromatic carbocycles. The molecule has 1 N–H and O–H groups in total. The van der Waals surface area contributed by atoms with Gasteiger partial charge in [-0.05, 0) is 4.08 Å². The van der Waals surface area contributed by atoms with Crippen molar-refractivity contribution in [3.63, 3.8) is 0 Å². The van der Waals surface area contributed by atoms with Crippen LogP contribution in [-0.2, 0) is 10.1 Å². The van der Waals surface area contributed by atoms with Gasteiger partial charge in [0, 0.05) is 0 Å². The highest BCUT2D eigenvalue weighted by Crippen LogP contribution is 2.20. The van der Waals surface area contributed by atoms with Crippen LogP contribution in [0.15, 0.2) is 10.7 Å². The summed E-state index contributed by atoms with van der Waals surface area (Å²) in [4.78, 5) is 0. The molecule has 0 aliphatic heterocycles. The van der Waals surface area contributed by atoms with Crippen LogP contribution in [-0.4, -0.2) is 18.5 Å². The Morgan fingerprint density at radius 3 is 1.55 bits per heavy atom. The van der Waals surface area contributed by atoms with E-state index < -0.39 is 15.6 Å². The van der Waals surface area contributed by atoms with E-state index in [-0.39, 0.29) is 0 Å². The molecule has 0 aromatic rings. The van der Waals surface area contributed by atoms with E-state index in [0.717, 1.165) is 0 Å². The van der Waals surface area contributed by atoms with Gasteiger partial charge in [-0.25, -0.2) is 0 Å². The third-order valence-corrected chi connectivity index (χ3v) is 0.877. The van der Waals surface area contributed by atoms with Crippen molar-refractivity contribution in [3.8, 4) is 0 Å². The van der Waals surface area contributed by atoms with Gasteiger partial charge in [-0.2, -0.15) is 21.6 Å². The van der Waals surface area contributed by atoms with Crippen LogP contribution in [0.3, 0.4) is 0 Å². The minimum atomic E-state index is -5.84. The molecular weight excluding hydrogens is 300 g/mol. The number of hydrogen-bond donors (Lipinski definition) is 1. The fourth-order valence-corrected chi connectivity index (χ4v) is 0. The van der Waals surface area contributed by atoms with Crippen LogP contribution in [0.5, 0.6) is 0 Å². The Labute approximate surface area is 75.2 Å². The van der Waals surface area contributed by atoms with E-state index in [1.807, 2.05) is 0 Å². The lowest BCUT2D eigenvalue weighted by Crippen LogP contribution is -2.21. The molecule has 0 rings (SSSR count). The van der Waals surface area contributed by atoms with E-state index in [9.17, 15) is 13.2 Å². The van der Waals surface area contributed by atoms with Crippen LogP contribution < -0.4 is 0 Å². The molecule has 0 atom stereocenters. The van der Waals surface area contributed by atoms with Gasteiger partial charge in [0.05, 0.1) is 0 Å². The Bertz CT molecular complexity index is 206. The zero-order valence-corrected chi connectivity index (χ0v) is 7.94. The van der Waals surface area contributed by atoms with E-state index in [4.69, 9.17) is 13.0 Å². The highest BCUT2D eigenvalue weighted by Gasteiger charge is 2.44. The van der Waals surface area contributed by atoms with E-state index in [2.05, 4.69) is 29.2 Å². The monoisotopic (exact) mass is 304 g/mol. The van der Waals surface area contributed by atoms with Crippen LogP contribution in [0.25, 0.3) is 0 Å². The molecule has 68 valence electrons. The summed E-state index contributed by atoms with van der Waals surface area (Å²) >= 11 is 2.05. The second kappa shape index (κ2) is 4.93. The lowest BCUT2D eigenvalue weighted by atomic mass is 11.3. The average Bonchev–Trinajstić information content (AvgIpc) is 1.60. The fourth-order valence-electron chi connectivity index (χ4n) is 0. The van der Waals surface area contributed by atoms with Gasteiger partial charge in [0.15, 0.2) is 0 Å². The van der Waals surface area contributed by atoms with Crippen molar-refractivity contribution in [2.24, 2.45) is 0 Å². The van der Waals surface area contributed by atoms with Crippen LogP contribution >= 0.6 is 22.6 Å². The van der Waals surface area contributed by atoms with E-state index in [0.29, 0.717) is 0 Å². The molecule has 0 aliphatic rings. The quantitative estimate of drug-likeness (QED) is 0.423. The maximum Gasteiger partial charge on any atom is 0.522 e. The number of alkyl halides is 3. The summed E-state index contributed by atoms with van der Waals surface area (Å²) in [6, 6.07) is 0. The number of halogens is 4. The third-order valence-electron chi connectivity index (χ3n) is 0.292. The first-order chi connectivity index (χ1) is 4.66. The molecule has 0 saturated carbocycles. The van der Waals surface area contributed by atoms with Crippen LogP contribution in [0.2, 0.25) is 0 Å². The Balaban J connectivity index is 0. The molecule has 0 fully saturated rings. The average molecular weight is 304 g/mol. The van der Waals surface area contributed by atoms with Gasteiger partial charge in [0.25, 0.3) is 0 Å². The van der Waals surface area contributed by atoms with Crippen molar-refractivity contribution < 1.29 is 26.1 Å². The van der Waals surface area contributed by atoms with E-state index in [1.54, 1.807) is 4.08 Å². The minimum Gasteiger partial charge on any atom is -0.279 e. The fraction of sp³-hybridized carbons (Fsp3) is 0.333. The van der Waals surface area contributed by atoms with Crippen molar-refractivity contribution in [2.45, 2.75) is 5.51 Å². The molecule has 0 amide bonds. The van der Waals surface area contributed by atoms with Gasteiger partial charge >= 0.3 is 15.6 Å². The molecule has 3 nitrogen and oxygen atoms in total. The SMILES string of the molecule is C=CI.O=S(=O)(O)C(F)(F)F. The van der Waals surface area contributed by atoms with Crippen LogP contribution in [0, 0.1) is 0 Å². The molecule has 0 aliphatic carbocycles. The van der Waals surface area contributed by atoms with Crippen LogP contribution in [0.4, 0.5) is 13.2 Å². The number of rotatable bonds is 0. The van der Waals surface area contributed by atoms with Crippen molar-refractivity contribution >= 4 is 32.7 Å². The second-order valence-corrected chi connectivity index (χ2v) is 3.37. The van der Waals surface area contributed by atoms with E-state index in [1.165, 1.54) is 0 Å². The molecular formula is C3H4F3IO3S.